The van der Waals surface area contributed by atoms with Gasteiger partial charge in [-0.3, -0.25) is 0 Å². The molecule has 0 aliphatic carbocycles. The van der Waals surface area contributed by atoms with Crippen LogP contribution in [0.25, 0.3) is 0 Å². The van der Waals surface area contributed by atoms with Gasteiger partial charge in [0.2, 0.25) is 0 Å². The van der Waals surface area contributed by atoms with E-state index in [9.17, 15) is 18.5 Å². The first-order chi connectivity index (χ1) is 3.42. The molecule has 0 heterocycles. The van der Waals surface area contributed by atoms with Gasteiger partial charge in [-0.05, 0) is 4.83 Å². The molecule has 0 amide bonds. The van der Waals surface area contributed by atoms with Crippen LogP contribution in [0.4, 0.5) is 0 Å². The van der Waals surface area contributed by atoms with Gasteiger partial charge in [0.25, 0.3) is 10.0 Å². The van der Waals surface area contributed by atoms with Gasteiger partial charge in [-0.25, -0.2) is 18.5 Å². The average molecular weight is 140 g/mol. The molecule has 0 aromatic carbocycles. The Kier molecular flexibility index (Phi) is 1.74. The highest BCUT2D eigenvalue weighted by atomic mass is 32.2. The van der Waals surface area contributed by atoms with Crippen LogP contribution in [-0.4, -0.2) is 19.7 Å². The highest BCUT2D eigenvalue weighted by Crippen LogP contribution is 1.69. The summed E-state index contributed by atoms with van der Waals surface area (Å²) in [7, 11) is -3.67. The first-order valence-electron chi connectivity index (χ1n) is 1.53. The van der Waals surface area contributed by atoms with E-state index in [2.05, 4.69) is 0 Å². The summed E-state index contributed by atoms with van der Waals surface area (Å²) in [5.41, 5.74) is 0. The van der Waals surface area contributed by atoms with Crippen molar-refractivity contribution in [3.63, 3.8) is 0 Å². The van der Waals surface area contributed by atoms with E-state index in [1.54, 1.807) is 0 Å². The molecule has 0 rings (SSSR count). The fourth-order valence-electron chi connectivity index (χ4n) is 0.135. The fraction of sp³-hybridized carbons (Fsp3) is 1.00. The zero-order chi connectivity index (χ0) is 6.78. The van der Waals surface area contributed by atoms with E-state index in [4.69, 9.17) is 0 Å². The number of hydrazine groups is 1. The van der Waals surface area contributed by atoms with E-state index < -0.39 is 15.1 Å². The maximum atomic E-state index is 9.89. The molecule has 0 saturated carbocycles. The van der Waals surface area contributed by atoms with Crippen molar-refractivity contribution in [3.05, 3.63) is 10.1 Å². The van der Waals surface area contributed by atoms with Gasteiger partial charge in [0.05, 0.1) is 6.26 Å². The lowest BCUT2D eigenvalue weighted by Crippen LogP contribution is -2.27. The van der Waals surface area contributed by atoms with Crippen molar-refractivity contribution >= 4 is 10.0 Å². The number of sulfonamides is 1. The smallest absolute Gasteiger partial charge is 0.234 e. The molecule has 6 nitrogen and oxygen atoms in total. The first kappa shape index (κ1) is 7.15. The molecule has 0 spiro atoms. The van der Waals surface area contributed by atoms with Crippen molar-refractivity contribution in [1.29, 1.82) is 0 Å². The highest BCUT2D eigenvalue weighted by Gasteiger charge is 2.04. The number of nitro groups is 1. The minimum Gasteiger partial charge on any atom is -0.234 e. The van der Waals surface area contributed by atoms with Crippen LogP contribution in [0.5, 0.6) is 0 Å². The van der Waals surface area contributed by atoms with Gasteiger partial charge in [0, 0.05) is 0 Å². The zero-order valence-corrected chi connectivity index (χ0v) is 4.80. The summed E-state index contributed by atoms with van der Waals surface area (Å²) >= 11 is 0. The Bertz CT molecular complexity index is 180. The quantitative estimate of drug-likeness (QED) is 0.382. The lowest BCUT2D eigenvalue weighted by Gasteiger charge is -1.87. The van der Waals surface area contributed by atoms with E-state index in [1.165, 1.54) is 0 Å². The molecule has 8 heavy (non-hydrogen) atoms. The number of nitrogens with zero attached hydrogens (tertiary/aromatic N) is 1. The van der Waals surface area contributed by atoms with Crippen LogP contribution in [0.2, 0.25) is 0 Å². The van der Waals surface area contributed by atoms with Crippen molar-refractivity contribution in [1.82, 2.24) is 4.83 Å². The van der Waals surface area contributed by atoms with Gasteiger partial charge < -0.3 is 0 Å². The predicted molar refractivity (Wildman–Crippen MR) is 25.0 cm³/mol. The highest BCUT2D eigenvalue weighted by molar-refractivity contribution is 7.88. The standard InChI is InChI=1S/CH4N2O4S/c1-8(6,7)2-3(4)5/h2H,1H3. The molecule has 0 saturated heterocycles. The van der Waals surface area contributed by atoms with Crippen LogP contribution in [0.1, 0.15) is 0 Å². The van der Waals surface area contributed by atoms with Crippen LogP contribution in [-0.2, 0) is 10.0 Å². The maximum absolute atomic E-state index is 9.89. The Morgan fingerprint density at radius 1 is 1.62 bits per heavy atom. The van der Waals surface area contributed by atoms with Crippen molar-refractivity contribution < 1.29 is 13.5 Å². The van der Waals surface area contributed by atoms with E-state index in [1.807, 2.05) is 0 Å². The zero-order valence-electron chi connectivity index (χ0n) is 3.99. The van der Waals surface area contributed by atoms with Gasteiger partial charge in [-0.1, -0.05) is 0 Å². The predicted octanol–water partition coefficient (Wildman–Crippen LogP) is -1.27. The van der Waals surface area contributed by atoms with Crippen molar-refractivity contribution in [3.8, 4) is 0 Å². The molecule has 0 bridgehead atoms. The Balaban J connectivity index is 3.95. The third-order valence-corrected chi connectivity index (χ3v) is 0.721. The molecule has 0 radical (unpaired) electrons. The summed E-state index contributed by atoms with van der Waals surface area (Å²) in [6.07, 6.45) is 0.704. The number of nitrogens with one attached hydrogen (secondary N) is 1. The van der Waals surface area contributed by atoms with Crippen LogP contribution in [0.15, 0.2) is 0 Å². The Hall–Kier alpha value is -0.850. The molecule has 0 unspecified atom stereocenters. The Labute approximate surface area is 45.7 Å². The van der Waals surface area contributed by atoms with Crippen molar-refractivity contribution in [2.45, 2.75) is 0 Å². The molecule has 0 aliphatic heterocycles. The molecule has 1 N–H and O–H groups in total. The molecule has 48 valence electrons. The van der Waals surface area contributed by atoms with Gasteiger partial charge in [0.15, 0.2) is 5.03 Å². The number of rotatable bonds is 2. The van der Waals surface area contributed by atoms with E-state index in [0.717, 1.165) is 4.83 Å². The number of hydrogen-bond acceptors (Lipinski definition) is 4. The lowest BCUT2D eigenvalue weighted by atomic mass is 12.0. The number of hydrogen-bond donors (Lipinski definition) is 1. The van der Waals surface area contributed by atoms with Gasteiger partial charge in [-0.15, -0.1) is 0 Å². The molecule has 0 aliphatic rings. The van der Waals surface area contributed by atoms with Crippen LogP contribution < -0.4 is 4.83 Å². The summed E-state index contributed by atoms with van der Waals surface area (Å²) in [5, 5.41) is 8.20. The summed E-state index contributed by atoms with van der Waals surface area (Å²) in [6.45, 7) is 0. The fourth-order valence-corrected chi connectivity index (χ4v) is 0.406. The average Bonchev–Trinajstić information content (AvgIpc) is 1.21. The summed E-state index contributed by atoms with van der Waals surface area (Å²) in [4.78, 5) is 10.4. The minimum absolute atomic E-state index is 0.704. The van der Waals surface area contributed by atoms with E-state index in [-0.39, 0.29) is 0 Å². The van der Waals surface area contributed by atoms with E-state index in [0.29, 0.717) is 6.26 Å². The monoisotopic (exact) mass is 140 g/mol. The molecular formula is CH4N2O4S. The molecule has 0 aromatic heterocycles. The SMILES string of the molecule is CS(=O)(=O)N[N+](=O)[O-]. The third kappa shape index (κ3) is 5.15. The van der Waals surface area contributed by atoms with Crippen LogP contribution in [0, 0.1) is 10.1 Å². The minimum atomic E-state index is -3.67. The topological polar surface area (TPSA) is 89.3 Å². The van der Waals surface area contributed by atoms with Gasteiger partial charge in [0.1, 0.15) is 0 Å². The Morgan fingerprint density at radius 3 is 2.00 bits per heavy atom. The lowest BCUT2D eigenvalue weighted by molar-refractivity contribution is -0.518. The first-order valence-corrected chi connectivity index (χ1v) is 3.43. The normalized spacial score (nSPS) is 10.6. The van der Waals surface area contributed by atoms with Gasteiger partial charge >= 0.3 is 0 Å². The summed E-state index contributed by atoms with van der Waals surface area (Å²) in [5.74, 6) is 0. The second-order valence-electron chi connectivity index (χ2n) is 1.12. The second-order valence-corrected chi connectivity index (χ2v) is 2.85. The molecule has 0 fully saturated rings. The Morgan fingerprint density at radius 2 is 2.00 bits per heavy atom. The molecule has 0 aromatic rings. The van der Waals surface area contributed by atoms with Crippen LogP contribution in [0.3, 0.4) is 0 Å². The maximum Gasteiger partial charge on any atom is 0.278 e. The summed E-state index contributed by atoms with van der Waals surface area (Å²) in [6, 6.07) is 0. The van der Waals surface area contributed by atoms with Gasteiger partial charge in [-0.2, -0.15) is 0 Å². The molecular weight excluding hydrogens is 136 g/mol. The second kappa shape index (κ2) is 1.95. The molecule has 7 heteroatoms. The van der Waals surface area contributed by atoms with E-state index >= 15 is 0 Å². The molecule has 0 atom stereocenters. The largest absolute Gasteiger partial charge is 0.278 e. The van der Waals surface area contributed by atoms with Crippen molar-refractivity contribution in [2.75, 3.05) is 6.26 Å². The van der Waals surface area contributed by atoms with Crippen molar-refractivity contribution in [2.24, 2.45) is 0 Å². The van der Waals surface area contributed by atoms with Crippen LogP contribution >= 0.6 is 0 Å². The summed E-state index contributed by atoms with van der Waals surface area (Å²) < 4.78 is 19.8. The third-order valence-electron chi connectivity index (χ3n) is 0.240.